The molecule has 9 heteroatoms. The van der Waals surface area contributed by atoms with E-state index in [0.717, 1.165) is 23.8 Å². The number of amides is 1. The molecule has 1 unspecified atom stereocenters. The van der Waals surface area contributed by atoms with Crippen molar-refractivity contribution in [1.29, 1.82) is 0 Å². The van der Waals surface area contributed by atoms with Crippen LogP contribution in [0.5, 0.6) is 0 Å². The van der Waals surface area contributed by atoms with Crippen molar-refractivity contribution in [2.24, 2.45) is 11.1 Å². The van der Waals surface area contributed by atoms with Gasteiger partial charge in [0.15, 0.2) is 11.6 Å². The van der Waals surface area contributed by atoms with Gasteiger partial charge in [-0.25, -0.2) is 18.4 Å². The zero-order chi connectivity index (χ0) is 24.9. The number of aliphatic hydroxyl groups excluding tert-OH is 1. The van der Waals surface area contributed by atoms with E-state index in [9.17, 15) is 18.7 Å². The SMILES string of the molecule is CC(C)(C)C(c1nc(-c2cc(F)ccc2F)nn1Cc1ccccc1)N(CCCN)C(=O)CO. The Kier molecular flexibility index (Phi) is 8.11. The number of halogens is 2. The van der Waals surface area contributed by atoms with Crippen LogP contribution in [0.1, 0.15) is 44.6 Å². The molecule has 1 heterocycles. The first kappa shape index (κ1) is 25.5. The molecule has 3 rings (SSSR count). The molecule has 1 aromatic heterocycles. The van der Waals surface area contributed by atoms with E-state index in [1.54, 1.807) is 9.58 Å². The molecule has 0 bridgehead atoms. The van der Waals surface area contributed by atoms with E-state index in [-0.39, 0.29) is 11.4 Å². The summed E-state index contributed by atoms with van der Waals surface area (Å²) in [7, 11) is 0. The van der Waals surface area contributed by atoms with Crippen LogP contribution in [0.25, 0.3) is 11.4 Å². The van der Waals surface area contributed by atoms with Gasteiger partial charge in [0, 0.05) is 6.54 Å². The number of aliphatic hydroxyl groups is 1. The Hall–Kier alpha value is -3.17. The molecule has 0 fully saturated rings. The van der Waals surface area contributed by atoms with Gasteiger partial charge in [0.25, 0.3) is 0 Å². The van der Waals surface area contributed by atoms with Crippen molar-refractivity contribution in [2.45, 2.75) is 39.8 Å². The molecule has 0 spiro atoms. The van der Waals surface area contributed by atoms with Gasteiger partial charge in [0.2, 0.25) is 5.91 Å². The largest absolute Gasteiger partial charge is 0.387 e. The first-order valence-corrected chi connectivity index (χ1v) is 11.2. The average molecular weight is 472 g/mol. The van der Waals surface area contributed by atoms with E-state index in [1.807, 2.05) is 51.1 Å². The van der Waals surface area contributed by atoms with Gasteiger partial charge >= 0.3 is 0 Å². The van der Waals surface area contributed by atoms with E-state index < -0.39 is 35.6 Å². The van der Waals surface area contributed by atoms with Gasteiger partial charge < -0.3 is 15.7 Å². The summed E-state index contributed by atoms with van der Waals surface area (Å²) in [5, 5.41) is 14.2. The second kappa shape index (κ2) is 10.8. The highest BCUT2D eigenvalue weighted by molar-refractivity contribution is 5.77. The Morgan fingerprint density at radius 3 is 2.50 bits per heavy atom. The fourth-order valence-corrected chi connectivity index (χ4v) is 3.96. The molecular formula is C25H31F2N5O2. The van der Waals surface area contributed by atoms with Crippen LogP contribution < -0.4 is 5.73 Å². The monoisotopic (exact) mass is 471 g/mol. The molecule has 0 radical (unpaired) electrons. The minimum atomic E-state index is -0.671. The lowest BCUT2D eigenvalue weighted by Gasteiger charge is -2.39. The summed E-state index contributed by atoms with van der Waals surface area (Å²) in [5.41, 5.74) is 6.03. The van der Waals surface area contributed by atoms with E-state index in [2.05, 4.69) is 10.1 Å². The maximum Gasteiger partial charge on any atom is 0.248 e. The van der Waals surface area contributed by atoms with Crippen molar-refractivity contribution in [2.75, 3.05) is 19.7 Å². The minimum absolute atomic E-state index is 0.0207. The topological polar surface area (TPSA) is 97.3 Å². The summed E-state index contributed by atoms with van der Waals surface area (Å²) in [4.78, 5) is 19.0. The molecule has 7 nitrogen and oxygen atoms in total. The summed E-state index contributed by atoms with van der Waals surface area (Å²) < 4.78 is 30.1. The summed E-state index contributed by atoms with van der Waals surface area (Å²) >= 11 is 0. The van der Waals surface area contributed by atoms with Gasteiger partial charge in [0.1, 0.15) is 18.2 Å². The molecule has 0 aliphatic heterocycles. The third kappa shape index (κ3) is 5.84. The molecule has 3 N–H and O–H groups in total. The van der Waals surface area contributed by atoms with E-state index in [1.165, 1.54) is 0 Å². The van der Waals surface area contributed by atoms with Gasteiger partial charge in [-0.3, -0.25) is 4.79 Å². The smallest absolute Gasteiger partial charge is 0.248 e. The minimum Gasteiger partial charge on any atom is -0.387 e. The van der Waals surface area contributed by atoms with Crippen molar-refractivity contribution >= 4 is 5.91 Å². The molecule has 0 aliphatic carbocycles. The first-order valence-electron chi connectivity index (χ1n) is 11.2. The van der Waals surface area contributed by atoms with Gasteiger partial charge in [-0.15, -0.1) is 0 Å². The van der Waals surface area contributed by atoms with Crippen LogP contribution in [-0.4, -0.2) is 50.4 Å². The molecule has 0 aliphatic rings. The molecule has 2 aromatic carbocycles. The Bertz CT molecular complexity index is 1110. The van der Waals surface area contributed by atoms with Gasteiger partial charge in [-0.2, -0.15) is 5.10 Å². The normalized spacial score (nSPS) is 12.6. The first-order chi connectivity index (χ1) is 16.2. The predicted molar refractivity (Wildman–Crippen MR) is 126 cm³/mol. The summed E-state index contributed by atoms with van der Waals surface area (Å²) in [6.45, 7) is 6.15. The van der Waals surface area contributed by atoms with Gasteiger partial charge in [-0.05, 0) is 42.1 Å². The fraction of sp³-hybridized carbons (Fsp3) is 0.400. The van der Waals surface area contributed by atoms with Crippen LogP contribution >= 0.6 is 0 Å². The lowest BCUT2D eigenvalue weighted by atomic mass is 9.84. The Balaban J connectivity index is 2.20. The van der Waals surface area contributed by atoms with Gasteiger partial charge in [-0.1, -0.05) is 51.1 Å². The molecule has 34 heavy (non-hydrogen) atoms. The highest BCUT2D eigenvalue weighted by Gasteiger charge is 2.38. The number of carbonyl (C=O) groups is 1. The third-order valence-corrected chi connectivity index (χ3v) is 5.48. The summed E-state index contributed by atoms with van der Waals surface area (Å²) in [6.07, 6.45) is 0.524. The number of hydrogen-bond acceptors (Lipinski definition) is 5. The highest BCUT2D eigenvalue weighted by Crippen LogP contribution is 2.38. The number of nitrogens with zero attached hydrogens (tertiary/aromatic N) is 4. The van der Waals surface area contributed by atoms with Gasteiger partial charge in [0.05, 0.1) is 18.2 Å². The second-order valence-electron chi connectivity index (χ2n) is 9.22. The maximum absolute atomic E-state index is 14.6. The van der Waals surface area contributed by atoms with Crippen molar-refractivity contribution < 1.29 is 18.7 Å². The van der Waals surface area contributed by atoms with Crippen LogP contribution in [0.15, 0.2) is 48.5 Å². The Labute approximate surface area is 198 Å². The van der Waals surface area contributed by atoms with Crippen molar-refractivity contribution in [3.8, 4) is 11.4 Å². The molecular weight excluding hydrogens is 440 g/mol. The summed E-state index contributed by atoms with van der Waals surface area (Å²) in [5.74, 6) is -1.30. The van der Waals surface area contributed by atoms with E-state index >= 15 is 0 Å². The maximum atomic E-state index is 14.6. The molecule has 182 valence electrons. The van der Waals surface area contributed by atoms with Crippen molar-refractivity contribution in [1.82, 2.24) is 19.7 Å². The quantitative estimate of drug-likeness (QED) is 0.498. The predicted octanol–water partition coefficient (Wildman–Crippen LogP) is 3.53. The van der Waals surface area contributed by atoms with Crippen molar-refractivity contribution in [3.63, 3.8) is 0 Å². The Morgan fingerprint density at radius 2 is 1.88 bits per heavy atom. The van der Waals surface area contributed by atoms with Crippen LogP contribution in [0.4, 0.5) is 8.78 Å². The molecule has 1 amide bonds. The lowest BCUT2D eigenvalue weighted by Crippen LogP contribution is -2.44. The van der Waals surface area contributed by atoms with Crippen LogP contribution in [0.2, 0.25) is 0 Å². The standard InChI is InChI=1S/C25H31F2N5O2/c1-25(2,3)22(31(13-7-12-28)21(34)16-33)24-29-23(19-14-18(26)10-11-20(19)27)30-32(24)15-17-8-5-4-6-9-17/h4-6,8-11,14,22,33H,7,12-13,15-16,28H2,1-3H3. The zero-order valence-electron chi connectivity index (χ0n) is 19.7. The fourth-order valence-electron chi connectivity index (χ4n) is 3.96. The highest BCUT2D eigenvalue weighted by atomic mass is 19.1. The number of benzene rings is 2. The van der Waals surface area contributed by atoms with E-state index in [0.29, 0.717) is 31.9 Å². The zero-order valence-corrected chi connectivity index (χ0v) is 19.7. The van der Waals surface area contributed by atoms with Crippen LogP contribution in [0, 0.1) is 17.0 Å². The number of carbonyl (C=O) groups excluding carboxylic acids is 1. The lowest BCUT2D eigenvalue weighted by molar-refractivity contribution is -0.139. The molecule has 3 aromatic rings. The number of aromatic nitrogens is 3. The molecule has 1 atom stereocenters. The Morgan fingerprint density at radius 1 is 1.18 bits per heavy atom. The number of rotatable bonds is 9. The second-order valence-corrected chi connectivity index (χ2v) is 9.22. The number of hydrogen-bond donors (Lipinski definition) is 2. The van der Waals surface area contributed by atoms with Crippen LogP contribution in [-0.2, 0) is 11.3 Å². The third-order valence-electron chi connectivity index (χ3n) is 5.48. The van der Waals surface area contributed by atoms with E-state index in [4.69, 9.17) is 5.73 Å². The molecule has 0 saturated heterocycles. The number of nitrogens with two attached hydrogens (primary N) is 1. The van der Waals surface area contributed by atoms with Crippen LogP contribution in [0.3, 0.4) is 0 Å². The molecule has 0 saturated carbocycles. The summed E-state index contributed by atoms with van der Waals surface area (Å²) in [6, 6.07) is 12.0. The van der Waals surface area contributed by atoms with Crippen molar-refractivity contribution in [3.05, 3.63) is 71.6 Å². The average Bonchev–Trinajstić information content (AvgIpc) is 3.19.